The summed E-state index contributed by atoms with van der Waals surface area (Å²) < 4.78 is 2.02. The third-order valence-electron chi connectivity index (χ3n) is 0.820. The summed E-state index contributed by atoms with van der Waals surface area (Å²) in [6.45, 7) is 3.34. The van der Waals surface area contributed by atoms with Crippen molar-refractivity contribution in [3.8, 4) is 0 Å². The van der Waals surface area contributed by atoms with Gasteiger partial charge in [-0.3, -0.25) is 0 Å². The van der Waals surface area contributed by atoms with Crippen LogP contribution in [-0.2, 0) is 0 Å². The van der Waals surface area contributed by atoms with Gasteiger partial charge < -0.3 is 0 Å². The Morgan fingerprint density at radius 2 is 2.14 bits per heavy atom. The number of nitrogens with zero attached hydrogens (tertiary/aromatic N) is 1. The lowest BCUT2D eigenvalue weighted by molar-refractivity contribution is 0.553. The van der Waals surface area contributed by atoms with Gasteiger partial charge in [0.15, 0.2) is 0 Å². The molecule has 0 N–H and O–H groups in total. The molecule has 0 unspecified atom stereocenters. The molecule has 0 radical (unpaired) electrons. The maximum Gasteiger partial charge on any atom is 0.0117 e. The van der Waals surface area contributed by atoms with Crippen LogP contribution in [0.4, 0.5) is 0 Å². The highest BCUT2D eigenvalue weighted by molar-refractivity contribution is 9.07. The second kappa shape index (κ2) is 4.60. The Labute approximate surface area is 54.0 Å². The van der Waals surface area contributed by atoms with E-state index < -0.39 is 0 Å². The van der Waals surface area contributed by atoms with Crippen molar-refractivity contribution in [1.82, 2.24) is 3.93 Å². The SMILES string of the molecule is CCCCN(C)Br. The third-order valence-corrected chi connectivity index (χ3v) is 1.17. The van der Waals surface area contributed by atoms with Crippen molar-refractivity contribution in [2.75, 3.05) is 13.6 Å². The van der Waals surface area contributed by atoms with E-state index in [1.807, 2.05) is 11.0 Å². The zero-order valence-corrected chi connectivity index (χ0v) is 6.53. The fraction of sp³-hybridized carbons (Fsp3) is 1.00. The lowest BCUT2D eigenvalue weighted by Crippen LogP contribution is -2.04. The fourth-order valence-corrected chi connectivity index (χ4v) is 0.627. The highest BCUT2D eigenvalue weighted by atomic mass is 79.9. The molecule has 0 atom stereocenters. The molecule has 2 heteroatoms. The second-order valence-electron chi connectivity index (χ2n) is 1.68. The summed E-state index contributed by atoms with van der Waals surface area (Å²) in [5.41, 5.74) is 0. The van der Waals surface area contributed by atoms with E-state index in [0.29, 0.717) is 0 Å². The van der Waals surface area contributed by atoms with Crippen LogP contribution < -0.4 is 0 Å². The van der Waals surface area contributed by atoms with Crippen LogP contribution in [-0.4, -0.2) is 17.5 Å². The number of unbranched alkanes of at least 4 members (excludes halogenated alkanes) is 1. The fourth-order valence-electron chi connectivity index (χ4n) is 0.376. The average molecular weight is 166 g/mol. The minimum atomic E-state index is 1.15. The molecule has 0 aromatic rings. The minimum absolute atomic E-state index is 1.15. The molecule has 0 bridgehead atoms. The van der Waals surface area contributed by atoms with E-state index in [9.17, 15) is 0 Å². The molecule has 0 saturated heterocycles. The lowest BCUT2D eigenvalue weighted by atomic mass is 10.3. The summed E-state index contributed by atoms with van der Waals surface area (Å²) in [7, 11) is 2.02. The van der Waals surface area contributed by atoms with Crippen LogP contribution in [0.15, 0.2) is 0 Å². The molecule has 1 nitrogen and oxygen atoms in total. The maximum atomic E-state index is 3.31. The summed E-state index contributed by atoms with van der Waals surface area (Å²) in [4.78, 5) is 0. The van der Waals surface area contributed by atoms with Gasteiger partial charge >= 0.3 is 0 Å². The van der Waals surface area contributed by atoms with Gasteiger partial charge in [-0.25, -0.2) is 3.93 Å². The zero-order valence-electron chi connectivity index (χ0n) is 4.95. The highest BCUT2D eigenvalue weighted by Gasteiger charge is 1.85. The summed E-state index contributed by atoms with van der Waals surface area (Å²) >= 11 is 3.31. The standard InChI is InChI=1S/C5H12BrN/c1-3-4-5-7(2)6/h3-5H2,1-2H3. The second-order valence-corrected chi connectivity index (χ2v) is 2.89. The quantitative estimate of drug-likeness (QED) is 0.579. The van der Waals surface area contributed by atoms with E-state index in [-0.39, 0.29) is 0 Å². The van der Waals surface area contributed by atoms with Crippen molar-refractivity contribution in [3.63, 3.8) is 0 Å². The Hall–Kier alpha value is 0.440. The van der Waals surface area contributed by atoms with E-state index >= 15 is 0 Å². The Morgan fingerprint density at radius 1 is 1.57 bits per heavy atom. The smallest absolute Gasteiger partial charge is 0.0117 e. The van der Waals surface area contributed by atoms with E-state index in [0.717, 1.165) is 6.54 Å². The lowest BCUT2D eigenvalue weighted by Gasteiger charge is -2.02. The Balaban J connectivity index is 2.68. The van der Waals surface area contributed by atoms with Crippen molar-refractivity contribution in [1.29, 1.82) is 0 Å². The molecule has 0 rings (SSSR count). The first-order chi connectivity index (χ1) is 3.27. The van der Waals surface area contributed by atoms with Crippen LogP contribution in [0.5, 0.6) is 0 Å². The van der Waals surface area contributed by atoms with Crippen molar-refractivity contribution in [2.24, 2.45) is 0 Å². The molecule has 0 aliphatic heterocycles. The Kier molecular flexibility index (Phi) is 4.88. The predicted octanol–water partition coefficient (Wildman–Crippen LogP) is 2.03. The minimum Gasteiger partial charge on any atom is -0.245 e. The molecule has 7 heavy (non-hydrogen) atoms. The van der Waals surface area contributed by atoms with Crippen LogP contribution in [0.2, 0.25) is 0 Å². The molecule has 0 fully saturated rings. The normalized spacial score (nSPS) is 10.3. The van der Waals surface area contributed by atoms with E-state index in [1.54, 1.807) is 0 Å². The van der Waals surface area contributed by atoms with Gasteiger partial charge in [-0.15, -0.1) is 0 Å². The van der Waals surface area contributed by atoms with Gasteiger partial charge in [0, 0.05) is 22.7 Å². The first-order valence-electron chi connectivity index (χ1n) is 2.64. The summed E-state index contributed by atoms with van der Waals surface area (Å²) in [5, 5.41) is 0. The van der Waals surface area contributed by atoms with Crippen molar-refractivity contribution in [2.45, 2.75) is 19.8 Å². The molecule has 0 spiro atoms. The van der Waals surface area contributed by atoms with Crippen LogP contribution in [0.3, 0.4) is 0 Å². The van der Waals surface area contributed by atoms with Crippen LogP contribution in [0.1, 0.15) is 19.8 Å². The first kappa shape index (κ1) is 7.44. The molecule has 0 aromatic heterocycles. The van der Waals surface area contributed by atoms with Crippen molar-refractivity contribution < 1.29 is 0 Å². The Morgan fingerprint density at radius 3 is 2.29 bits per heavy atom. The van der Waals surface area contributed by atoms with E-state index in [4.69, 9.17) is 0 Å². The molecule has 0 heterocycles. The topological polar surface area (TPSA) is 3.24 Å². The van der Waals surface area contributed by atoms with Gasteiger partial charge in [-0.2, -0.15) is 0 Å². The molecular formula is C5H12BrN. The number of rotatable bonds is 3. The van der Waals surface area contributed by atoms with Crippen LogP contribution >= 0.6 is 16.1 Å². The number of halogens is 1. The molecule has 0 aliphatic carbocycles. The summed E-state index contributed by atoms with van der Waals surface area (Å²) in [5.74, 6) is 0. The molecule has 0 aromatic carbocycles. The van der Waals surface area contributed by atoms with Gasteiger partial charge in [0.1, 0.15) is 0 Å². The predicted molar refractivity (Wildman–Crippen MR) is 36.5 cm³/mol. The first-order valence-corrected chi connectivity index (χ1v) is 3.35. The zero-order chi connectivity index (χ0) is 5.70. The molecule has 44 valence electrons. The summed E-state index contributed by atoms with van der Waals surface area (Å²) in [6.07, 6.45) is 2.55. The van der Waals surface area contributed by atoms with Crippen LogP contribution in [0, 0.1) is 0 Å². The highest BCUT2D eigenvalue weighted by Crippen LogP contribution is 1.94. The molecule has 0 amide bonds. The van der Waals surface area contributed by atoms with E-state index in [1.165, 1.54) is 12.8 Å². The third kappa shape index (κ3) is 6.44. The number of hydrogen-bond acceptors (Lipinski definition) is 1. The van der Waals surface area contributed by atoms with E-state index in [2.05, 4.69) is 23.1 Å². The van der Waals surface area contributed by atoms with Crippen molar-refractivity contribution >= 4 is 16.1 Å². The monoisotopic (exact) mass is 165 g/mol. The van der Waals surface area contributed by atoms with Gasteiger partial charge in [-0.1, -0.05) is 13.3 Å². The largest absolute Gasteiger partial charge is 0.245 e. The maximum absolute atomic E-state index is 3.31. The van der Waals surface area contributed by atoms with Gasteiger partial charge in [-0.05, 0) is 13.5 Å². The Bertz CT molecular complexity index is 37.1. The molecular weight excluding hydrogens is 154 g/mol. The number of hydrogen-bond donors (Lipinski definition) is 0. The molecule has 0 saturated carbocycles. The average Bonchev–Trinajstić information content (AvgIpc) is 1.61. The van der Waals surface area contributed by atoms with Gasteiger partial charge in [0.2, 0.25) is 0 Å². The van der Waals surface area contributed by atoms with Gasteiger partial charge in [0.05, 0.1) is 0 Å². The summed E-state index contributed by atoms with van der Waals surface area (Å²) in [6, 6.07) is 0. The van der Waals surface area contributed by atoms with Gasteiger partial charge in [0.25, 0.3) is 0 Å². The molecule has 0 aliphatic rings. The van der Waals surface area contributed by atoms with Crippen molar-refractivity contribution in [3.05, 3.63) is 0 Å². The van der Waals surface area contributed by atoms with Crippen LogP contribution in [0.25, 0.3) is 0 Å².